The zero-order chi connectivity index (χ0) is 18.7. The third kappa shape index (κ3) is 3.81. The highest BCUT2D eigenvalue weighted by molar-refractivity contribution is 7.17. The van der Waals surface area contributed by atoms with E-state index in [4.69, 9.17) is 16.3 Å². The number of fused-ring (bicyclic) bond motifs is 1. The maximum atomic E-state index is 12.1. The zero-order valence-electron chi connectivity index (χ0n) is 14.6. The van der Waals surface area contributed by atoms with Crippen molar-refractivity contribution < 1.29 is 14.3 Å². The van der Waals surface area contributed by atoms with Gasteiger partial charge in [0.15, 0.2) is 0 Å². The van der Waals surface area contributed by atoms with Crippen LogP contribution in [0.2, 0.25) is 5.02 Å². The molecule has 0 aliphatic carbocycles. The maximum absolute atomic E-state index is 12.1. The van der Waals surface area contributed by atoms with Gasteiger partial charge in [0.05, 0.1) is 18.7 Å². The molecule has 2 aromatic rings. The summed E-state index contributed by atoms with van der Waals surface area (Å²) in [6, 6.07) is 7.46. The maximum Gasteiger partial charge on any atom is 0.306 e. The number of esters is 1. The van der Waals surface area contributed by atoms with Crippen molar-refractivity contribution in [3.05, 3.63) is 50.9 Å². The molecule has 0 unspecified atom stereocenters. The minimum absolute atomic E-state index is 0.0551. The fourth-order valence-corrected chi connectivity index (χ4v) is 4.34. The third-order valence-electron chi connectivity index (χ3n) is 4.11. The summed E-state index contributed by atoms with van der Waals surface area (Å²) in [5.41, 5.74) is 3.40. The molecule has 2 heterocycles. The molecule has 5 nitrogen and oxygen atoms in total. The van der Waals surface area contributed by atoms with E-state index in [9.17, 15) is 9.59 Å². The molecule has 26 heavy (non-hydrogen) atoms. The topological polar surface area (TPSA) is 67.8 Å². The molecule has 136 valence electrons. The molecular formula is C19H19ClN2O3S. The lowest BCUT2D eigenvalue weighted by atomic mass is 9.99. The third-order valence-corrected chi connectivity index (χ3v) is 5.70. The van der Waals surface area contributed by atoms with Gasteiger partial charge in [-0.25, -0.2) is 0 Å². The SMILES string of the molecule is CCOC(=O)CCc1sc2c(c1C)C(c1ccccc1Cl)=NCC(=O)N2. The molecule has 1 aromatic heterocycles. The minimum Gasteiger partial charge on any atom is -0.466 e. The highest BCUT2D eigenvalue weighted by Crippen LogP contribution is 2.37. The number of nitrogens with zero attached hydrogens (tertiary/aromatic N) is 1. The number of carbonyl (C=O) groups excluding carboxylic acids is 2. The highest BCUT2D eigenvalue weighted by atomic mass is 35.5. The lowest BCUT2D eigenvalue weighted by Crippen LogP contribution is -2.12. The first-order valence-electron chi connectivity index (χ1n) is 8.38. The number of benzene rings is 1. The van der Waals surface area contributed by atoms with Gasteiger partial charge in [0.1, 0.15) is 11.5 Å². The van der Waals surface area contributed by atoms with Crippen LogP contribution in [0, 0.1) is 6.92 Å². The molecule has 1 aliphatic rings. The summed E-state index contributed by atoms with van der Waals surface area (Å²) in [7, 11) is 0. The van der Waals surface area contributed by atoms with Crippen LogP contribution in [0.4, 0.5) is 5.00 Å². The van der Waals surface area contributed by atoms with E-state index in [1.54, 1.807) is 6.92 Å². The average molecular weight is 391 g/mol. The van der Waals surface area contributed by atoms with Crippen molar-refractivity contribution >= 4 is 45.5 Å². The van der Waals surface area contributed by atoms with Gasteiger partial charge in [-0.15, -0.1) is 11.3 Å². The number of aryl methyl sites for hydroxylation is 1. The largest absolute Gasteiger partial charge is 0.466 e. The summed E-state index contributed by atoms with van der Waals surface area (Å²) in [6.45, 7) is 4.20. The van der Waals surface area contributed by atoms with E-state index in [1.807, 2.05) is 31.2 Å². The molecule has 0 spiro atoms. The van der Waals surface area contributed by atoms with Crippen molar-refractivity contribution in [2.24, 2.45) is 4.99 Å². The van der Waals surface area contributed by atoms with Gasteiger partial charge in [-0.2, -0.15) is 0 Å². The second-order valence-electron chi connectivity index (χ2n) is 5.85. The normalized spacial score (nSPS) is 13.5. The Kier molecular flexibility index (Phi) is 5.74. The van der Waals surface area contributed by atoms with Crippen LogP contribution in [-0.2, 0) is 20.7 Å². The van der Waals surface area contributed by atoms with E-state index in [2.05, 4.69) is 10.3 Å². The molecule has 0 saturated carbocycles. The van der Waals surface area contributed by atoms with Crippen LogP contribution in [0.1, 0.15) is 34.9 Å². The lowest BCUT2D eigenvalue weighted by molar-refractivity contribution is -0.143. The van der Waals surface area contributed by atoms with E-state index in [-0.39, 0.29) is 18.4 Å². The van der Waals surface area contributed by atoms with Gasteiger partial charge in [0.25, 0.3) is 0 Å². The molecule has 0 radical (unpaired) electrons. The first-order valence-corrected chi connectivity index (χ1v) is 9.58. The molecule has 0 atom stereocenters. The summed E-state index contributed by atoms with van der Waals surface area (Å²) in [6.07, 6.45) is 0.870. The first kappa shape index (κ1) is 18.6. The fraction of sp³-hybridized carbons (Fsp3) is 0.316. The van der Waals surface area contributed by atoms with Crippen LogP contribution in [0.3, 0.4) is 0 Å². The quantitative estimate of drug-likeness (QED) is 0.784. The Morgan fingerprint density at radius 1 is 1.38 bits per heavy atom. The summed E-state index contributed by atoms with van der Waals surface area (Å²) in [4.78, 5) is 29.3. The van der Waals surface area contributed by atoms with E-state index < -0.39 is 0 Å². The molecule has 7 heteroatoms. The summed E-state index contributed by atoms with van der Waals surface area (Å²) >= 11 is 7.85. The molecule has 0 bridgehead atoms. The fourth-order valence-electron chi connectivity index (χ4n) is 2.89. The molecule has 1 aromatic carbocycles. The summed E-state index contributed by atoms with van der Waals surface area (Å²) < 4.78 is 5.00. The Morgan fingerprint density at radius 3 is 2.88 bits per heavy atom. The molecule has 3 rings (SSSR count). The van der Waals surface area contributed by atoms with Crippen LogP contribution in [0.25, 0.3) is 0 Å². The smallest absolute Gasteiger partial charge is 0.306 e. The van der Waals surface area contributed by atoms with Gasteiger partial charge < -0.3 is 10.1 Å². The number of aliphatic imine (C=N–C) groups is 1. The minimum atomic E-state index is -0.223. The van der Waals surface area contributed by atoms with Crippen LogP contribution >= 0.6 is 22.9 Å². The van der Waals surface area contributed by atoms with Crippen molar-refractivity contribution in [3.8, 4) is 0 Å². The van der Waals surface area contributed by atoms with Gasteiger partial charge >= 0.3 is 5.97 Å². The van der Waals surface area contributed by atoms with E-state index >= 15 is 0 Å². The number of halogens is 1. The number of hydrogen-bond donors (Lipinski definition) is 1. The lowest BCUT2D eigenvalue weighted by Gasteiger charge is -2.09. The van der Waals surface area contributed by atoms with Gasteiger partial charge in [0, 0.05) is 21.0 Å². The number of carbonyl (C=O) groups is 2. The van der Waals surface area contributed by atoms with E-state index in [1.165, 1.54) is 11.3 Å². The molecule has 0 saturated heterocycles. The van der Waals surface area contributed by atoms with Crippen molar-refractivity contribution in [2.75, 3.05) is 18.5 Å². The van der Waals surface area contributed by atoms with Gasteiger partial charge in [0.2, 0.25) is 5.91 Å². The Morgan fingerprint density at radius 2 is 2.15 bits per heavy atom. The standard InChI is InChI=1S/C19H19ClN2O3S/c1-3-25-16(24)9-8-14-11(2)17-18(12-6-4-5-7-13(12)20)21-10-15(23)22-19(17)26-14/h4-7H,3,8-10H2,1-2H3,(H,22,23). The average Bonchev–Trinajstić information content (AvgIpc) is 2.80. The van der Waals surface area contributed by atoms with Crippen LogP contribution < -0.4 is 5.32 Å². The first-order chi connectivity index (χ1) is 12.5. The highest BCUT2D eigenvalue weighted by Gasteiger charge is 2.25. The molecular weight excluding hydrogens is 372 g/mol. The van der Waals surface area contributed by atoms with Crippen LogP contribution in [-0.4, -0.2) is 30.7 Å². The predicted molar refractivity (Wildman–Crippen MR) is 105 cm³/mol. The van der Waals surface area contributed by atoms with Crippen molar-refractivity contribution in [3.63, 3.8) is 0 Å². The number of thiophene rings is 1. The number of amides is 1. The number of ether oxygens (including phenoxy) is 1. The van der Waals surface area contributed by atoms with Gasteiger partial charge in [-0.3, -0.25) is 14.6 Å². The Hall–Kier alpha value is -2.18. The molecule has 1 N–H and O–H groups in total. The molecule has 1 amide bonds. The van der Waals surface area contributed by atoms with E-state index in [0.717, 1.165) is 26.6 Å². The number of anilines is 1. The Labute approximate surface area is 161 Å². The number of nitrogens with one attached hydrogen (secondary N) is 1. The van der Waals surface area contributed by atoms with Gasteiger partial charge in [-0.1, -0.05) is 29.8 Å². The monoisotopic (exact) mass is 390 g/mol. The Balaban J connectivity index is 2.00. The van der Waals surface area contributed by atoms with Crippen LogP contribution in [0.5, 0.6) is 0 Å². The predicted octanol–water partition coefficient (Wildman–Crippen LogP) is 4.00. The molecule has 0 fully saturated rings. The number of hydrogen-bond acceptors (Lipinski definition) is 5. The molecule has 1 aliphatic heterocycles. The van der Waals surface area contributed by atoms with Crippen LogP contribution in [0.15, 0.2) is 29.3 Å². The summed E-state index contributed by atoms with van der Waals surface area (Å²) in [5, 5.41) is 4.26. The van der Waals surface area contributed by atoms with Crippen molar-refractivity contribution in [1.29, 1.82) is 0 Å². The zero-order valence-corrected chi connectivity index (χ0v) is 16.2. The van der Waals surface area contributed by atoms with E-state index in [0.29, 0.717) is 30.2 Å². The van der Waals surface area contributed by atoms with Gasteiger partial charge in [-0.05, 0) is 31.9 Å². The Bertz CT molecular complexity index is 889. The second kappa shape index (κ2) is 8.01. The van der Waals surface area contributed by atoms with Crippen molar-refractivity contribution in [1.82, 2.24) is 0 Å². The summed E-state index contributed by atoms with van der Waals surface area (Å²) in [5.74, 6) is -0.383. The van der Waals surface area contributed by atoms with Crippen molar-refractivity contribution in [2.45, 2.75) is 26.7 Å². The number of rotatable bonds is 5. The second-order valence-corrected chi connectivity index (χ2v) is 7.36.